The molecule has 0 aromatic carbocycles. The van der Waals surface area contributed by atoms with Crippen molar-refractivity contribution in [3.05, 3.63) is 0 Å². The third-order valence-electron chi connectivity index (χ3n) is 3.99. The molecule has 1 unspecified atom stereocenters. The highest BCUT2D eigenvalue weighted by atomic mass is 16.2. The maximum Gasteiger partial charge on any atom is 0.242 e. The van der Waals surface area contributed by atoms with Gasteiger partial charge >= 0.3 is 0 Å². The number of hydrogen-bond donors (Lipinski definition) is 1. The van der Waals surface area contributed by atoms with Crippen molar-refractivity contribution in [2.75, 3.05) is 13.1 Å². The predicted molar refractivity (Wildman–Crippen MR) is 67.0 cm³/mol. The van der Waals surface area contributed by atoms with Gasteiger partial charge in [-0.05, 0) is 38.0 Å². The van der Waals surface area contributed by atoms with Crippen LogP contribution in [0.15, 0.2) is 0 Å². The monoisotopic (exact) mass is 226 g/mol. The van der Waals surface area contributed by atoms with Crippen LogP contribution in [0, 0.1) is 11.8 Å². The summed E-state index contributed by atoms with van der Waals surface area (Å²) in [6.45, 7) is 10.1. The first-order valence-corrected chi connectivity index (χ1v) is 6.46. The Bertz CT molecular complexity index is 240. The molecule has 0 aliphatic carbocycles. The van der Waals surface area contributed by atoms with Crippen LogP contribution in [0.25, 0.3) is 0 Å². The summed E-state index contributed by atoms with van der Waals surface area (Å²) in [4.78, 5) is 14.1. The number of nitrogens with zero attached hydrogens (tertiary/aromatic N) is 1. The minimum absolute atomic E-state index is 0.122. The molecule has 1 rings (SSSR count). The molecule has 0 aromatic heterocycles. The van der Waals surface area contributed by atoms with Gasteiger partial charge in [-0.3, -0.25) is 4.79 Å². The van der Waals surface area contributed by atoms with Crippen LogP contribution in [0.5, 0.6) is 0 Å². The highest BCUT2D eigenvalue weighted by Gasteiger charge is 2.33. The minimum Gasteiger partial charge on any atom is -0.341 e. The number of likely N-dealkylation sites (tertiary alicyclic amines) is 1. The highest BCUT2D eigenvalue weighted by molar-refractivity contribution is 5.85. The van der Waals surface area contributed by atoms with E-state index < -0.39 is 5.54 Å². The molecule has 3 nitrogen and oxygen atoms in total. The van der Waals surface area contributed by atoms with Crippen LogP contribution in [0.4, 0.5) is 0 Å². The van der Waals surface area contributed by atoms with Crippen LogP contribution in [-0.4, -0.2) is 29.4 Å². The molecule has 1 saturated heterocycles. The molecule has 16 heavy (non-hydrogen) atoms. The smallest absolute Gasteiger partial charge is 0.242 e. The molecule has 0 aromatic rings. The first-order chi connectivity index (χ1) is 7.38. The zero-order valence-corrected chi connectivity index (χ0v) is 11.1. The number of rotatable bonds is 3. The SMILES string of the molecule is CCC(C)(N)C(=O)N1CCC(C(C)C)CC1. The molecule has 1 atom stereocenters. The van der Waals surface area contributed by atoms with Crippen LogP contribution < -0.4 is 5.73 Å². The maximum absolute atomic E-state index is 12.1. The normalized spacial score (nSPS) is 22.2. The van der Waals surface area contributed by atoms with E-state index in [1.54, 1.807) is 0 Å². The van der Waals surface area contributed by atoms with Crippen molar-refractivity contribution >= 4 is 5.91 Å². The fraction of sp³-hybridized carbons (Fsp3) is 0.923. The van der Waals surface area contributed by atoms with Gasteiger partial charge < -0.3 is 10.6 Å². The molecule has 0 spiro atoms. The van der Waals surface area contributed by atoms with Crippen LogP contribution in [0.2, 0.25) is 0 Å². The Kier molecular flexibility index (Phi) is 4.36. The van der Waals surface area contributed by atoms with Crippen molar-refractivity contribution in [3.63, 3.8) is 0 Å². The van der Waals surface area contributed by atoms with Crippen molar-refractivity contribution in [2.45, 2.75) is 52.5 Å². The van der Waals surface area contributed by atoms with Gasteiger partial charge in [0.25, 0.3) is 0 Å². The lowest BCUT2D eigenvalue weighted by Gasteiger charge is -2.37. The van der Waals surface area contributed by atoms with Gasteiger partial charge in [-0.25, -0.2) is 0 Å². The van der Waals surface area contributed by atoms with Crippen LogP contribution in [-0.2, 0) is 4.79 Å². The van der Waals surface area contributed by atoms with E-state index in [0.717, 1.165) is 37.8 Å². The van der Waals surface area contributed by atoms with E-state index in [-0.39, 0.29) is 5.91 Å². The molecule has 0 radical (unpaired) electrons. The van der Waals surface area contributed by atoms with E-state index in [1.165, 1.54) is 0 Å². The summed E-state index contributed by atoms with van der Waals surface area (Å²) in [5.74, 6) is 1.62. The Balaban J connectivity index is 2.51. The van der Waals surface area contributed by atoms with Crippen molar-refractivity contribution < 1.29 is 4.79 Å². The van der Waals surface area contributed by atoms with Gasteiger partial charge in [-0.1, -0.05) is 20.8 Å². The molecule has 0 bridgehead atoms. The molecule has 1 aliphatic rings. The molecule has 1 heterocycles. The topological polar surface area (TPSA) is 46.3 Å². The summed E-state index contributed by atoms with van der Waals surface area (Å²) < 4.78 is 0. The summed E-state index contributed by atoms with van der Waals surface area (Å²) in [5.41, 5.74) is 5.32. The van der Waals surface area contributed by atoms with E-state index in [0.29, 0.717) is 6.42 Å². The number of carbonyl (C=O) groups is 1. The van der Waals surface area contributed by atoms with Gasteiger partial charge in [-0.2, -0.15) is 0 Å². The quantitative estimate of drug-likeness (QED) is 0.800. The fourth-order valence-electron chi connectivity index (χ4n) is 2.28. The Morgan fingerprint density at radius 3 is 2.31 bits per heavy atom. The first-order valence-electron chi connectivity index (χ1n) is 6.46. The van der Waals surface area contributed by atoms with Gasteiger partial charge in [0.05, 0.1) is 5.54 Å². The second kappa shape index (κ2) is 5.17. The van der Waals surface area contributed by atoms with Crippen LogP contribution >= 0.6 is 0 Å². The molecule has 3 heteroatoms. The van der Waals surface area contributed by atoms with Gasteiger partial charge in [0.1, 0.15) is 0 Å². The zero-order chi connectivity index (χ0) is 12.3. The summed E-state index contributed by atoms with van der Waals surface area (Å²) in [6.07, 6.45) is 2.96. The Morgan fingerprint density at radius 1 is 1.44 bits per heavy atom. The van der Waals surface area contributed by atoms with E-state index in [4.69, 9.17) is 5.73 Å². The van der Waals surface area contributed by atoms with E-state index >= 15 is 0 Å². The van der Waals surface area contributed by atoms with Gasteiger partial charge in [-0.15, -0.1) is 0 Å². The van der Waals surface area contributed by atoms with E-state index in [1.807, 2.05) is 18.7 Å². The number of hydrogen-bond acceptors (Lipinski definition) is 2. The maximum atomic E-state index is 12.1. The van der Waals surface area contributed by atoms with Crippen molar-refractivity contribution in [2.24, 2.45) is 17.6 Å². The highest BCUT2D eigenvalue weighted by Crippen LogP contribution is 2.25. The molecule has 1 amide bonds. The Morgan fingerprint density at radius 2 is 1.94 bits per heavy atom. The lowest BCUT2D eigenvalue weighted by molar-refractivity contribution is -0.138. The van der Waals surface area contributed by atoms with Gasteiger partial charge in [0.2, 0.25) is 5.91 Å². The largest absolute Gasteiger partial charge is 0.341 e. The molecular weight excluding hydrogens is 200 g/mol. The number of amides is 1. The van der Waals surface area contributed by atoms with Gasteiger partial charge in [0.15, 0.2) is 0 Å². The Labute approximate surface area is 99.4 Å². The molecule has 94 valence electrons. The lowest BCUT2D eigenvalue weighted by atomic mass is 9.86. The third kappa shape index (κ3) is 2.97. The number of nitrogens with two attached hydrogens (primary N) is 1. The lowest BCUT2D eigenvalue weighted by Crippen LogP contribution is -2.54. The zero-order valence-electron chi connectivity index (χ0n) is 11.1. The van der Waals surface area contributed by atoms with Crippen LogP contribution in [0.1, 0.15) is 47.0 Å². The van der Waals surface area contributed by atoms with E-state index in [2.05, 4.69) is 13.8 Å². The predicted octanol–water partition coefficient (Wildman–Crippen LogP) is 2.01. The Hall–Kier alpha value is -0.570. The standard InChI is InChI=1S/C13H26N2O/c1-5-13(4,14)12(16)15-8-6-11(7-9-15)10(2)3/h10-11H,5-9,14H2,1-4H3. The van der Waals surface area contributed by atoms with E-state index in [9.17, 15) is 4.79 Å². The summed E-state index contributed by atoms with van der Waals surface area (Å²) >= 11 is 0. The van der Waals surface area contributed by atoms with Crippen LogP contribution in [0.3, 0.4) is 0 Å². The average Bonchev–Trinajstić information content (AvgIpc) is 2.28. The second-order valence-corrected chi connectivity index (χ2v) is 5.64. The molecule has 1 aliphatic heterocycles. The fourth-order valence-corrected chi connectivity index (χ4v) is 2.28. The number of carbonyl (C=O) groups excluding carboxylic acids is 1. The van der Waals surface area contributed by atoms with Gasteiger partial charge in [0, 0.05) is 13.1 Å². The first kappa shape index (κ1) is 13.5. The molecule has 2 N–H and O–H groups in total. The van der Waals surface area contributed by atoms with Crippen molar-refractivity contribution in [1.29, 1.82) is 0 Å². The minimum atomic E-state index is -0.676. The summed E-state index contributed by atoms with van der Waals surface area (Å²) in [5, 5.41) is 0. The molecule has 0 saturated carbocycles. The van der Waals surface area contributed by atoms with Crippen molar-refractivity contribution in [3.8, 4) is 0 Å². The second-order valence-electron chi connectivity index (χ2n) is 5.64. The average molecular weight is 226 g/mol. The molecular formula is C13H26N2O. The molecule has 1 fully saturated rings. The van der Waals surface area contributed by atoms with Crippen molar-refractivity contribution in [1.82, 2.24) is 4.90 Å². The third-order valence-corrected chi connectivity index (χ3v) is 3.99. The number of piperidine rings is 1. The summed E-state index contributed by atoms with van der Waals surface area (Å²) in [6, 6.07) is 0. The summed E-state index contributed by atoms with van der Waals surface area (Å²) in [7, 11) is 0.